The molecule has 0 fully saturated rings. The molecule has 2 aromatic carbocycles. The Morgan fingerprint density at radius 2 is 0.900 bits per heavy atom. The molecule has 0 bridgehead atoms. The van der Waals surface area contributed by atoms with Crippen LogP contribution in [0.3, 0.4) is 0 Å². The molecule has 2 aromatic heterocycles. The Balaban J connectivity index is 1.16. The minimum absolute atomic E-state index is 0.0717. The van der Waals surface area contributed by atoms with Gasteiger partial charge >= 0.3 is 0 Å². The van der Waals surface area contributed by atoms with Crippen molar-refractivity contribution in [2.75, 3.05) is 0 Å². The quantitative estimate of drug-likeness (QED) is 0.155. The predicted molar refractivity (Wildman–Crippen MR) is 160 cm³/mol. The lowest BCUT2D eigenvalue weighted by atomic mass is 10.1. The molecule has 40 heavy (non-hydrogen) atoms. The van der Waals surface area contributed by atoms with Gasteiger partial charge in [0.1, 0.15) is 13.2 Å². The van der Waals surface area contributed by atoms with E-state index >= 15 is 0 Å². The molecule has 0 amide bonds. The molecule has 0 unspecified atom stereocenters. The topological polar surface area (TPSA) is 62.5 Å². The first-order valence-electron chi connectivity index (χ1n) is 14.3. The molecule has 0 radical (unpaired) electrons. The van der Waals surface area contributed by atoms with E-state index in [4.69, 9.17) is 9.47 Å². The molecule has 2 heterocycles. The standard InChI is InChI=1S/C34H40N2O4/c1-27-33(39-25-29-15-9-7-10-16-29)31(37)19-23-35(27)21-13-5-3-4-6-14-22-36-24-20-32(38)34(28(36)2)40-26-30-17-11-8-12-18-30/h7-12,15-20,23-24H,3-6,13-14,21-22,25-26H2,1-2H3. The van der Waals surface area contributed by atoms with Crippen molar-refractivity contribution in [3.05, 3.63) is 128 Å². The number of rotatable bonds is 15. The van der Waals surface area contributed by atoms with Crippen LogP contribution in [0.15, 0.2) is 94.8 Å². The fourth-order valence-electron chi connectivity index (χ4n) is 4.87. The Morgan fingerprint density at radius 3 is 1.30 bits per heavy atom. The molecular formula is C34H40N2O4. The van der Waals surface area contributed by atoms with Crippen LogP contribution in [0.5, 0.6) is 11.5 Å². The Labute approximate surface area is 236 Å². The van der Waals surface area contributed by atoms with Gasteiger partial charge in [-0.25, -0.2) is 0 Å². The fourth-order valence-corrected chi connectivity index (χ4v) is 4.87. The van der Waals surface area contributed by atoms with Crippen molar-refractivity contribution in [1.82, 2.24) is 9.13 Å². The molecule has 4 aromatic rings. The highest BCUT2D eigenvalue weighted by Gasteiger charge is 2.10. The maximum Gasteiger partial charge on any atom is 0.223 e. The second-order valence-corrected chi connectivity index (χ2v) is 10.2. The molecule has 6 nitrogen and oxygen atoms in total. The van der Waals surface area contributed by atoms with E-state index in [9.17, 15) is 9.59 Å². The normalized spacial score (nSPS) is 10.9. The Bertz CT molecular complexity index is 1350. The molecule has 0 aliphatic rings. The zero-order chi connectivity index (χ0) is 28.2. The molecule has 0 atom stereocenters. The fraction of sp³-hybridized carbons (Fsp3) is 0.353. The minimum Gasteiger partial charge on any atom is -0.483 e. The van der Waals surface area contributed by atoms with E-state index in [0.29, 0.717) is 24.7 Å². The van der Waals surface area contributed by atoms with E-state index in [1.54, 1.807) is 12.1 Å². The second-order valence-electron chi connectivity index (χ2n) is 10.2. The van der Waals surface area contributed by atoms with E-state index in [-0.39, 0.29) is 10.9 Å². The van der Waals surface area contributed by atoms with Gasteiger partial charge in [-0.05, 0) is 37.8 Å². The Kier molecular flexibility index (Phi) is 10.8. The van der Waals surface area contributed by atoms with Crippen LogP contribution < -0.4 is 20.3 Å². The summed E-state index contributed by atoms with van der Waals surface area (Å²) in [5, 5.41) is 0. The molecule has 0 aliphatic carbocycles. The van der Waals surface area contributed by atoms with Gasteiger partial charge in [0.05, 0.1) is 11.4 Å². The number of benzene rings is 2. The molecular weight excluding hydrogens is 500 g/mol. The summed E-state index contributed by atoms with van der Waals surface area (Å²) >= 11 is 0. The Morgan fingerprint density at radius 1 is 0.525 bits per heavy atom. The van der Waals surface area contributed by atoms with E-state index < -0.39 is 0 Å². The largest absolute Gasteiger partial charge is 0.483 e. The summed E-state index contributed by atoms with van der Waals surface area (Å²) in [5.41, 5.74) is 3.71. The highest BCUT2D eigenvalue weighted by atomic mass is 16.5. The van der Waals surface area contributed by atoms with E-state index in [2.05, 4.69) is 9.13 Å². The molecule has 0 aliphatic heterocycles. The van der Waals surface area contributed by atoms with Crippen LogP contribution in [0.4, 0.5) is 0 Å². The van der Waals surface area contributed by atoms with Crippen LogP contribution in [-0.2, 0) is 26.3 Å². The van der Waals surface area contributed by atoms with Gasteiger partial charge in [-0.15, -0.1) is 0 Å². The zero-order valence-electron chi connectivity index (χ0n) is 23.7. The smallest absolute Gasteiger partial charge is 0.223 e. The van der Waals surface area contributed by atoms with Crippen molar-refractivity contribution < 1.29 is 9.47 Å². The lowest BCUT2D eigenvalue weighted by Gasteiger charge is -2.15. The van der Waals surface area contributed by atoms with Crippen molar-refractivity contribution >= 4 is 0 Å². The zero-order valence-corrected chi connectivity index (χ0v) is 23.7. The first-order chi connectivity index (χ1) is 19.5. The molecule has 0 spiro atoms. The molecule has 0 saturated heterocycles. The SMILES string of the molecule is Cc1c(OCc2ccccc2)c(=O)ccn1CCCCCCCCn1ccc(=O)c(OCc2ccccc2)c1C. The number of pyridine rings is 2. The molecule has 0 saturated carbocycles. The average Bonchev–Trinajstić information content (AvgIpc) is 2.97. The van der Waals surface area contributed by atoms with Gasteiger partial charge in [0.15, 0.2) is 11.5 Å². The first-order valence-corrected chi connectivity index (χ1v) is 14.3. The number of nitrogens with zero attached hydrogens (tertiary/aromatic N) is 2. The monoisotopic (exact) mass is 540 g/mol. The van der Waals surface area contributed by atoms with Gasteiger partial charge in [-0.1, -0.05) is 86.3 Å². The lowest BCUT2D eigenvalue weighted by molar-refractivity contribution is 0.296. The van der Waals surface area contributed by atoms with Gasteiger partial charge in [-0.2, -0.15) is 0 Å². The van der Waals surface area contributed by atoms with E-state index in [1.807, 2.05) is 86.9 Å². The van der Waals surface area contributed by atoms with Crippen LogP contribution in [0.1, 0.15) is 61.0 Å². The van der Waals surface area contributed by atoms with Crippen LogP contribution in [-0.4, -0.2) is 9.13 Å². The van der Waals surface area contributed by atoms with Crippen molar-refractivity contribution in [3.8, 4) is 11.5 Å². The number of ether oxygens (including phenoxy) is 2. The lowest BCUT2D eigenvalue weighted by Crippen LogP contribution is -2.15. The second kappa shape index (κ2) is 14.9. The number of hydrogen-bond donors (Lipinski definition) is 0. The highest BCUT2D eigenvalue weighted by molar-refractivity contribution is 5.29. The third-order valence-corrected chi connectivity index (χ3v) is 7.28. The van der Waals surface area contributed by atoms with Gasteiger partial charge in [0.25, 0.3) is 0 Å². The number of aryl methyl sites for hydroxylation is 2. The summed E-state index contributed by atoms with van der Waals surface area (Å²) in [7, 11) is 0. The van der Waals surface area contributed by atoms with Gasteiger partial charge in [0.2, 0.25) is 10.9 Å². The number of hydrogen-bond acceptors (Lipinski definition) is 4. The van der Waals surface area contributed by atoms with Crippen LogP contribution in [0.25, 0.3) is 0 Å². The number of aromatic nitrogens is 2. The van der Waals surface area contributed by atoms with Gasteiger partial charge < -0.3 is 18.6 Å². The first kappa shape index (κ1) is 28.9. The van der Waals surface area contributed by atoms with Crippen LogP contribution in [0.2, 0.25) is 0 Å². The molecule has 210 valence electrons. The third-order valence-electron chi connectivity index (χ3n) is 7.28. The third kappa shape index (κ3) is 8.22. The summed E-state index contributed by atoms with van der Waals surface area (Å²) in [6.07, 6.45) is 10.5. The maximum absolute atomic E-state index is 12.4. The summed E-state index contributed by atoms with van der Waals surface area (Å²) < 4.78 is 16.0. The number of unbranched alkanes of at least 4 members (excludes halogenated alkanes) is 5. The Hall–Kier alpha value is -4.06. The van der Waals surface area contributed by atoms with Crippen molar-refractivity contribution in [2.45, 2.75) is 78.7 Å². The van der Waals surface area contributed by atoms with Crippen molar-refractivity contribution in [2.24, 2.45) is 0 Å². The van der Waals surface area contributed by atoms with Gasteiger partial charge in [-0.3, -0.25) is 9.59 Å². The van der Waals surface area contributed by atoms with E-state index in [1.165, 1.54) is 12.8 Å². The predicted octanol–water partition coefficient (Wildman–Crippen LogP) is 6.83. The highest BCUT2D eigenvalue weighted by Crippen LogP contribution is 2.17. The van der Waals surface area contributed by atoms with Crippen molar-refractivity contribution in [1.29, 1.82) is 0 Å². The molecule has 4 rings (SSSR count). The minimum atomic E-state index is -0.0717. The summed E-state index contributed by atoms with van der Waals surface area (Å²) in [6, 6.07) is 23.0. The van der Waals surface area contributed by atoms with Crippen LogP contribution >= 0.6 is 0 Å². The summed E-state index contributed by atoms with van der Waals surface area (Å²) in [5.74, 6) is 0.885. The molecule has 0 N–H and O–H groups in total. The summed E-state index contributed by atoms with van der Waals surface area (Å²) in [6.45, 7) is 6.44. The molecule has 6 heteroatoms. The average molecular weight is 541 g/mol. The van der Waals surface area contributed by atoms with E-state index in [0.717, 1.165) is 61.3 Å². The van der Waals surface area contributed by atoms with Crippen molar-refractivity contribution in [3.63, 3.8) is 0 Å². The maximum atomic E-state index is 12.4. The summed E-state index contributed by atoms with van der Waals surface area (Å²) in [4.78, 5) is 24.8. The van der Waals surface area contributed by atoms with Gasteiger partial charge in [0, 0.05) is 37.6 Å². The van der Waals surface area contributed by atoms with Crippen LogP contribution in [0, 0.1) is 13.8 Å².